The SMILES string of the molecule is FCc1c[c]no1. The zero-order valence-corrected chi connectivity index (χ0v) is 3.52. The molecule has 1 aromatic heterocycles. The lowest BCUT2D eigenvalue weighted by Gasteiger charge is -1.73. The van der Waals surface area contributed by atoms with Crippen molar-refractivity contribution < 1.29 is 8.91 Å². The predicted octanol–water partition coefficient (Wildman–Crippen LogP) is 0.944. The quantitative estimate of drug-likeness (QED) is 0.525. The Balaban J connectivity index is 2.76. The van der Waals surface area contributed by atoms with Crippen LogP contribution in [0.5, 0.6) is 0 Å². The molecular formula is C4H3FNO. The van der Waals surface area contributed by atoms with Crippen molar-refractivity contribution in [3.05, 3.63) is 18.0 Å². The summed E-state index contributed by atoms with van der Waals surface area (Å²) >= 11 is 0. The third-order valence-electron chi connectivity index (χ3n) is 0.573. The van der Waals surface area contributed by atoms with E-state index in [4.69, 9.17) is 0 Å². The summed E-state index contributed by atoms with van der Waals surface area (Å²) in [4.78, 5) is 0. The molecule has 0 saturated carbocycles. The minimum Gasteiger partial charge on any atom is -0.358 e. The Hall–Kier alpha value is -0.860. The maximum Gasteiger partial charge on any atom is 0.168 e. The molecule has 1 rings (SSSR count). The van der Waals surface area contributed by atoms with Gasteiger partial charge in [-0.05, 0) is 0 Å². The van der Waals surface area contributed by atoms with Crippen molar-refractivity contribution in [1.82, 2.24) is 5.16 Å². The lowest BCUT2D eigenvalue weighted by atomic mass is 10.5. The van der Waals surface area contributed by atoms with Crippen LogP contribution < -0.4 is 0 Å². The van der Waals surface area contributed by atoms with Gasteiger partial charge in [-0.2, -0.15) is 0 Å². The zero-order chi connectivity index (χ0) is 5.11. The minimum atomic E-state index is -0.601. The molecular weight excluding hydrogens is 97.0 g/mol. The molecule has 0 aliphatic carbocycles. The second kappa shape index (κ2) is 1.73. The van der Waals surface area contributed by atoms with E-state index in [1.807, 2.05) is 0 Å². The first kappa shape index (κ1) is 4.30. The van der Waals surface area contributed by atoms with Gasteiger partial charge in [0, 0.05) is 6.07 Å². The standard InChI is InChI=1S/C4H3FNO/c5-3-4-1-2-6-7-4/h1H,3H2. The molecule has 0 aliphatic heterocycles. The van der Waals surface area contributed by atoms with Crippen LogP contribution in [0, 0.1) is 6.20 Å². The van der Waals surface area contributed by atoms with E-state index in [1.54, 1.807) is 0 Å². The molecule has 0 amide bonds. The van der Waals surface area contributed by atoms with Crippen molar-refractivity contribution in [2.45, 2.75) is 6.67 Å². The lowest BCUT2D eigenvalue weighted by molar-refractivity contribution is 0.329. The fourth-order valence-corrected chi connectivity index (χ4v) is 0.273. The Morgan fingerprint density at radius 1 is 2.00 bits per heavy atom. The topological polar surface area (TPSA) is 26.0 Å². The number of aromatic nitrogens is 1. The summed E-state index contributed by atoms with van der Waals surface area (Å²) < 4.78 is 15.7. The van der Waals surface area contributed by atoms with E-state index < -0.39 is 6.67 Å². The van der Waals surface area contributed by atoms with E-state index >= 15 is 0 Å². The van der Waals surface area contributed by atoms with Crippen LogP contribution in [0.4, 0.5) is 4.39 Å². The molecule has 1 heterocycles. The summed E-state index contributed by atoms with van der Waals surface area (Å²) in [6.45, 7) is -0.601. The summed E-state index contributed by atoms with van der Waals surface area (Å²) in [5.74, 6) is 0.222. The third-order valence-corrected chi connectivity index (χ3v) is 0.573. The van der Waals surface area contributed by atoms with Gasteiger partial charge in [0.15, 0.2) is 5.76 Å². The molecule has 0 bridgehead atoms. The van der Waals surface area contributed by atoms with Gasteiger partial charge in [-0.3, -0.25) is 0 Å². The first-order chi connectivity index (χ1) is 3.43. The Bertz CT molecular complexity index is 126. The second-order valence-electron chi connectivity index (χ2n) is 1.06. The van der Waals surface area contributed by atoms with Crippen LogP contribution in [-0.4, -0.2) is 5.16 Å². The molecule has 2 nitrogen and oxygen atoms in total. The van der Waals surface area contributed by atoms with Gasteiger partial charge in [-0.1, -0.05) is 5.16 Å². The summed E-state index contributed by atoms with van der Waals surface area (Å²) in [6.07, 6.45) is 2.32. The van der Waals surface area contributed by atoms with E-state index in [-0.39, 0.29) is 5.76 Å². The molecule has 7 heavy (non-hydrogen) atoms. The van der Waals surface area contributed by atoms with E-state index in [0.717, 1.165) is 0 Å². The molecule has 0 saturated heterocycles. The normalized spacial score (nSPS) is 9.29. The first-order valence-corrected chi connectivity index (χ1v) is 1.81. The van der Waals surface area contributed by atoms with E-state index in [1.165, 1.54) is 6.07 Å². The van der Waals surface area contributed by atoms with Crippen molar-refractivity contribution >= 4 is 0 Å². The van der Waals surface area contributed by atoms with Gasteiger partial charge in [0.25, 0.3) is 0 Å². The van der Waals surface area contributed by atoms with E-state index in [9.17, 15) is 4.39 Å². The third kappa shape index (κ3) is 0.765. The Labute approximate surface area is 39.9 Å². The highest BCUT2D eigenvalue weighted by Gasteiger charge is 1.90. The number of nitrogens with zero attached hydrogens (tertiary/aromatic N) is 1. The van der Waals surface area contributed by atoms with Crippen molar-refractivity contribution in [2.24, 2.45) is 0 Å². The molecule has 0 N–H and O–H groups in total. The molecule has 1 radical (unpaired) electrons. The second-order valence-corrected chi connectivity index (χ2v) is 1.06. The van der Waals surface area contributed by atoms with Crippen LogP contribution in [0.25, 0.3) is 0 Å². The molecule has 1 aromatic rings. The van der Waals surface area contributed by atoms with Crippen LogP contribution >= 0.6 is 0 Å². The molecule has 0 fully saturated rings. The molecule has 0 unspecified atom stereocenters. The summed E-state index contributed by atoms with van der Waals surface area (Å²) in [5.41, 5.74) is 0. The van der Waals surface area contributed by atoms with Crippen LogP contribution in [0.15, 0.2) is 10.6 Å². The maximum absolute atomic E-state index is 11.4. The Morgan fingerprint density at radius 2 is 2.86 bits per heavy atom. The highest BCUT2D eigenvalue weighted by molar-refractivity contribution is 4.87. The molecule has 0 aliphatic rings. The smallest absolute Gasteiger partial charge is 0.168 e. The average Bonchev–Trinajstić information content (AvgIpc) is 2.14. The zero-order valence-electron chi connectivity index (χ0n) is 3.52. The van der Waals surface area contributed by atoms with Gasteiger partial charge in [-0.15, -0.1) is 0 Å². The molecule has 0 spiro atoms. The van der Waals surface area contributed by atoms with Crippen molar-refractivity contribution in [1.29, 1.82) is 0 Å². The molecule has 0 aromatic carbocycles. The monoisotopic (exact) mass is 100 g/mol. The number of hydrogen-bond acceptors (Lipinski definition) is 2. The van der Waals surface area contributed by atoms with Gasteiger partial charge in [0.1, 0.15) is 12.9 Å². The van der Waals surface area contributed by atoms with Gasteiger partial charge in [0.05, 0.1) is 0 Å². The van der Waals surface area contributed by atoms with Gasteiger partial charge < -0.3 is 4.52 Å². The van der Waals surface area contributed by atoms with Crippen LogP contribution in [0.2, 0.25) is 0 Å². The van der Waals surface area contributed by atoms with E-state index in [2.05, 4.69) is 15.9 Å². The van der Waals surface area contributed by atoms with Crippen molar-refractivity contribution in [2.75, 3.05) is 0 Å². The molecule has 37 valence electrons. The molecule has 3 heteroatoms. The molecule has 0 atom stereocenters. The van der Waals surface area contributed by atoms with Crippen LogP contribution in [0.1, 0.15) is 5.76 Å². The number of hydrogen-bond donors (Lipinski definition) is 0. The number of halogens is 1. The van der Waals surface area contributed by atoms with Crippen LogP contribution in [0.3, 0.4) is 0 Å². The fourth-order valence-electron chi connectivity index (χ4n) is 0.273. The maximum atomic E-state index is 11.4. The summed E-state index contributed by atoms with van der Waals surface area (Å²) in [7, 11) is 0. The Kier molecular flexibility index (Phi) is 1.06. The predicted molar refractivity (Wildman–Crippen MR) is 20.2 cm³/mol. The highest BCUT2D eigenvalue weighted by atomic mass is 19.1. The van der Waals surface area contributed by atoms with Crippen molar-refractivity contribution in [3.63, 3.8) is 0 Å². The van der Waals surface area contributed by atoms with Gasteiger partial charge in [-0.25, -0.2) is 4.39 Å². The Morgan fingerprint density at radius 3 is 3.14 bits per heavy atom. The first-order valence-electron chi connectivity index (χ1n) is 1.81. The van der Waals surface area contributed by atoms with Crippen LogP contribution in [-0.2, 0) is 6.67 Å². The largest absolute Gasteiger partial charge is 0.358 e. The minimum absolute atomic E-state index is 0.222. The highest BCUT2D eigenvalue weighted by Crippen LogP contribution is 1.95. The van der Waals surface area contributed by atoms with Gasteiger partial charge in [0.2, 0.25) is 0 Å². The lowest BCUT2D eigenvalue weighted by Crippen LogP contribution is -1.65. The van der Waals surface area contributed by atoms with Crippen molar-refractivity contribution in [3.8, 4) is 0 Å². The number of rotatable bonds is 1. The number of alkyl halides is 1. The summed E-state index contributed by atoms with van der Waals surface area (Å²) in [6, 6.07) is 1.36. The average molecular weight is 100 g/mol. The van der Waals surface area contributed by atoms with Gasteiger partial charge >= 0.3 is 0 Å². The van der Waals surface area contributed by atoms with E-state index in [0.29, 0.717) is 0 Å². The summed E-state index contributed by atoms with van der Waals surface area (Å²) in [5, 5.41) is 3.15. The fraction of sp³-hybridized carbons (Fsp3) is 0.250.